The zero-order chi connectivity index (χ0) is 23.6. The summed E-state index contributed by atoms with van der Waals surface area (Å²) in [6.45, 7) is 2.23. The summed E-state index contributed by atoms with van der Waals surface area (Å²) in [4.78, 5) is 21.5. The number of carbonyl (C=O) groups is 1. The van der Waals surface area contributed by atoms with E-state index in [1.807, 2.05) is 43.3 Å². The predicted molar refractivity (Wildman–Crippen MR) is 126 cm³/mol. The number of amides is 1. The summed E-state index contributed by atoms with van der Waals surface area (Å²) in [5.41, 5.74) is 4.84. The summed E-state index contributed by atoms with van der Waals surface area (Å²) in [6, 6.07) is 12.6. The van der Waals surface area contributed by atoms with Gasteiger partial charge in [-0.2, -0.15) is 4.31 Å². The van der Waals surface area contributed by atoms with Crippen LogP contribution in [-0.2, 0) is 16.6 Å². The molecule has 0 fully saturated rings. The van der Waals surface area contributed by atoms with Crippen LogP contribution in [0.2, 0.25) is 0 Å². The van der Waals surface area contributed by atoms with E-state index in [1.54, 1.807) is 18.5 Å². The van der Waals surface area contributed by atoms with E-state index < -0.39 is 16.1 Å². The molecular weight excluding hydrogens is 440 g/mol. The standard InChI is InChI=1S/C24H26N4O4S/c1-3-26-24(30)20-13-19-15-28(33(2,31)32)21(9-11-29)22(19)23(27-20)17-7-4-6-16(12-17)18-8-5-10-25-14-18/h4-8,10,12-14,21,29H,3,9,11,15H2,1-2H3,(H,26,30)/t21-/m0/s1. The Bertz CT molecular complexity index is 1280. The lowest BCUT2D eigenvalue weighted by Crippen LogP contribution is -2.29. The van der Waals surface area contributed by atoms with Crippen LogP contribution in [0.15, 0.2) is 54.9 Å². The number of aromatic nitrogens is 2. The zero-order valence-electron chi connectivity index (χ0n) is 18.5. The molecule has 0 spiro atoms. The summed E-state index contributed by atoms with van der Waals surface area (Å²) in [7, 11) is -3.55. The molecule has 33 heavy (non-hydrogen) atoms. The monoisotopic (exact) mass is 466 g/mol. The molecule has 0 saturated heterocycles. The Morgan fingerprint density at radius 2 is 1.94 bits per heavy atom. The van der Waals surface area contributed by atoms with Gasteiger partial charge in [0.1, 0.15) is 5.69 Å². The van der Waals surface area contributed by atoms with Gasteiger partial charge >= 0.3 is 0 Å². The van der Waals surface area contributed by atoms with Gasteiger partial charge in [-0.05, 0) is 42.7 Å². The number of rotatable bonds is 7. The Labute approximate surface area is 193 Å². The van der Waals surface area contributed by atoms with Crippen molar-refractivity contribution >= 4 is 15.9 Å². The summed E-state index contributed by atoms with van der Waals surface area (Å²) >= 11 is 0. The van der Waals surface area contributed by atoms with Crippen molar-refractivity contribution in [2.75, 3.05) is 19.4 Å². The van der Waals surface area contributed by atoms with Gasteiger partial charge in [0, 0.05) is 48.8 Å². The molecule has 1 aliphatic rings. The highest BCUT2D eigenvalue weighted by Gasteiger charge is 2.38. The van der Waals surface area contributed by atoms with E-state index in [2.05, 4.69) is 15.3 Å². The van der Waals surface area contributed by atoms with E-state index in [0.717, 1.165) is 34.1 Å². The van der Waals surface area contributed by atoms with E-state index >= 15 is 0 Å². The van der Waals surface area contributed by atoms with Gasteiger partial charge in [0.2, 0.25) is 10.0 Å². The lowest BCUT2D eigenvalue weighted by molar-refractivity contribution is 0.0951. The van der Waals surface area contributed by atoms with Crippen molar-refractivity contribution in [2.24, 2.45) is 0 Å². The molecular formula is C24H26N4O4S. The van der Waals surface area contributed by atoms with Crippen molar-refractivity contribution in [3.8, 4) is 22.4 Å². The first-order valence-electron chi connectivity index (χ1n) is 10.7. The molecule has 0 saturated carbocycles. The first kappa shape index (κ1) is 23.0. The third-order valence-corrected chi connectivity index (χ3v) is 6.92. The van der Waals surface area contributed by atoms with Crippen LogP contribution >= 0.6 is 0 Å². The van der Waals surface area contributed by atoms with E-state index in [-0.39, 0.29) is 31.2 Å². The number of fused-ring (bicyclic) bond motifs is 1. The van der Waals surface area contributed by atoms with Gasteiger partial charge < -0.3 is 10.4 Å². The van der Waals surface area contributed by atoms with Crippen LogP contribution in [0.4, 0.5) is 0 Å². The highest BCUT2D eigenvalue weighted by atomic mass is 32.2. The van der Waals surface area contributed by atoms with E-state index in [9.17, 15) is 18.3 Å². The van der Waals surface area contributed by atoms with Gasteiger partial charge in [0.15, 0.2) is 0 Å². The first-order valence-corrected chi connectivity index (χ1v) is 12.6. The summed E-state index contributed by atoms with van der Waals surface area (Å²) in [5, 5.41) is 12.5. The highest BCUT2D eigenvalue weighted by Crippen LogP contribution is 2.43. The molecule has 2 aromatic heterocycles. The maximum atomic E-state index is 12.6. The van der Waals surface area contributed by atoms with Gasteiger partial charge in [-0.15, -0.1) is 0 Å². The van der Waals surface area contributed by atoms with Crippen molar-refractivity contribution in [3.05, 3.63) is 71.7 Å². The van der Waals surface area contributed by atoms with Crippen LogP contribution in [0.25, 0.3) is 22.4 Å². The summed E-state index contributed by atoms with van der Waals surface area (Å²) in [6.07, 6.45) is 4.86. The molecule has 0 radical (unpaired) electrons. The summed E-state index contributed by atoms with van der Waals surface area (Å²) in [5.74, 6) is -0.318. The fourth-order valence-electron chi connectivity index (χ4n) is 4.26. The van der Waals surface area contributed by atoms with Gasteiger partial charge in [0.05, 0.1) is 18.0 Å². The maximum Gasteiger partial charge on any atom is 0.269 e. The second kappa shape index (κ2) is 9.38. The van der Waals surface area contributed by atoms with Crippen LogP contribution < -0.4 is 5.32 Å². The number of sulfonamides is 1. The van der Waals surface area contributed by atoms with Crippen LogP contribution in [0.3, 0.4) is 0 Å². The second-order valence-corrected chi connectivity index (χ2v) is 9.88. The Balaban J connectivity index is 1.92. The SMILES string of the molecule is CCNC(=O)c1cc2c(c(-c3cccc(-c4cccnc4)c3)n1)[C@H](CCO)N(S(C)(=O)=O)C2. The number of hydrogen-bond acceptors (Lipinski definition) is 6. The average Bonchev–Trinajstić information content (AvgIpc) is 3.19. The van der Waals surface area contributed by atoms with Crippen LogP contribution in [0, 0.1) is 0 Å². The Morgan fingerprint density at radius 3 is 2.61 bits per heavy atom. The molecule has 172 valence electrons. The number of aliphatic hydroxyl groups excluding tert-OH is 1. The Hall–Kier alpha value is -3.14. The lowest BCUT2D eigenvalue weighted by atomic mass is 9.94. The largest absolute Gasteiger partial charge is 0.396 e. The minimum absolute atomic E-state index is 0.128. The third kappa shape index (κ3) is 4.66. The molecule has 0 bridgehead atoms. The number of nitrogens with one attached hydrogen (secondary N) is 1. The smallest absolute Gasteiger partial charge is 0.269 e. The molecule has 1 aromatic carbocycles. The molecule has 2 N–H and O–H groups in total. The Kier molecular flexibility index (Phi) is 6.55. The van der Waals surface area contributed by atoms with Gasteiger partial charge in [-0.3, -0.25) is 9.78 Å². The molecule has 1 aliphatic heterocycles. The molecule has 1 amide bonds. The maximum absolute atomic E-state index is 12.6. The minimum atomic E-state index is -3.55. The first-order chi connectivity index (χ1) is 15.8. The molecule has 9 heteroatoms. The second-order valence-electron chi connectivity index (χ2n) is 7.95. The Morgan fingerprint density at radius 1 is 1.18 bits per heavy atom. The molecule has 3 heterocycles. The van der Waals surface area contributed by atoms with Crippen molar-refractivity contribution in [2.45, 2.75) is 25.9 Å². The highest BCUT2D eigenvalue weighted by molar-refractivity contribution is 7.88. The fourth-order valence-corrected chi connectivity index (χ4v) is 5.31. The van der Waals surface area contributed by atoms with Gasteiger partial charge in [0.25, 0.3) is 5.91 Å². The zero-order valence-corrected chi connectivity index (χ0v) is 19.3. The number of benzene rings is 1. The lowest BCUT2D eigenvalue weighted by Gasteiger charge is -2.23. The topological polar surface area (TPSA) is 112 Å². The van der Waals surface area contributed by atoms with E-state index in [4.69, 9.17) is 0 Å². The molecule has 3 aromatic rings. The minimum Gasteiger partial charge on any atom is -0.396 e. The van der Waals surface area contributed by atoms with Crippen molar-refractivity contribution in [1.82, 2.24) is 19.6 Å². The third-order valence-electron chi connectivity index (χ3n) is 5.68. The van der Waals surface area contributed by atoms with Crippen molar-refractivity contribution < 1.29 is 18.3 Å². The summed E-state index contributed by atoms with van der Waals surface area (Å²) < 4.78 is 26.4. The van der Waals surface area contributed by atoms with Gasteiger partial charge in [-0.25, -0.2) is 13.4 Å². The molecule has 4 rings (SSSR count). The van der Waals surface area contributed by atoms with Crippen molar-refractivity contribution in [1.29, 1.82) is 0 Å². The molecule has 8 nitrogen and oxygen atoms in total. The van der Waals surface area contributed by atoms with E-state index in [0.29, 0.717) is 12.2 Å². The number of nitrogens with zero attached hydrogens (tertiary/aromatic N) is 3. The quantitative estimate of drug-likeness (QED) is 0.554. The average molecular weight is 467 g/mol. The molecule has 1 atom stereocenters. The number of aliphatic hydroxyl groups is 1. The molecule has 0 unspecified atom stereocenters. The van der Waals surface area contributed by atoms with Crippen LogP contribution in [0.1, 0.15) is 41.0 Å². The fraction of sp³-hybridized carbons (Fsp3) is 0.292. The van der Waals surface area contributed by atoms with Crippen LogP contribution in [-0.4, -0.2) is 53.1 Å². The van der Waals surface area contributed by atoms with Crippen molar-refractivity contribution in [3.63, 3.8) is 0 Å². The van der Waals surface area contributed by atoms with E-state index in [1.165, 1.54) is 4.31 Å². The number of carbonyl (C=O) groups excluding carboxylic acids is 1. The normalized spacial score (nSPS) is 15.9. The molecule has 0 aliphatic carbocycles. The number of pyridine rings is 2. The number of hydrogen-bond donors (Lipinski definition) is 2. The van der Waals surface area contributed by atoms with Gasteiger partial charge in [-0.1, -0.05) is 24.3 Å². The predicted octanol–water partition coefficient (Wildman–Crippen LogP) is 2.76. The van der Waals surface area contributed by atoms with Crippen LogP contribution in [0.5, 0.6) is 0 Å².